The van der Waals surface area contributed by atoms with E-state index in [1.165, 1.54) is 12.3 Å². The topological polar surface area (TPSA) is 43.4 Å². The van der Waals surface area contributed by atoms with Gasteiger partial charge in [0, 0.05) is 0 Å². The highest BCUT2D eigenvalue weighted by Crippen LogP contribution is 2.12. The molecule has 0 heterocycles. The van der Waals surface area contributed by atoms with Gasteiger partial charge >= 0.3 is 0 Å². The van der Waals surface area contributed by atoms with E-state index in [0.29, 0.717) is 11.5 Å². The molecule has 0 amide bonds. The van der Waals surface area contributed by atoms with Crippen LogP contribution in [0.25, 0.3) is 0 Å². The number of benzene rings is 1. The number of ether oxygens (including phenoxy) is 1. The molecule has 0 atom stereocenters. The van der Waals surface area contributed by atoms with E-state index in [-0.39, 0.29) is 5.75 Å². The normalized spacial score (nSPS) is 11.9. The van der Waals surface area contributed by atoms with Gasteiger partial charge in [-0.1, -0.05) is 17.7 Å². The zero-order valence-electron chi connectivity index (χ0n) is 9.51. The fourth-order valence-corrected chi connectivity index (χ4v) is 2.25. The molecule has 0 spiro atoms. The van der Waals surface area contributed by atoms with E-state index in [4.69, 9.17) is 4.74 Å². The Balaban J connectivity index is 2.74. The van der Waals surface area contributed by atoms with Crippen molar-refractivity contribution in [1.82, 2.24) is 0 Å². The minimum atomic E-state index is -3.22. The van der Waals surface area contributed by atoms with E-state index in [1.807, 2.05) is 13.8 Å². The summed E-state index contributed by atoms with van der Waals surface area (Å²) in [4.78, 5) is 0.347. The predicted octanol–water partition coefficient (Wildman–Crippen LogP) is 2.32. The maximum Gasteiger partial charge on any atom is 0.182 e. The Bertz CT molecular complexity index is 444. The first-order chi connectivity index (χ1) is 7.56. The van der Waals surface area contributed by atoms with Crippen LogP contribution in [0.3, 0.4) is 0 Å². The molecule has 0 saturated carbocycles. The van der Waals surface area contributed by atoms with E-state index in [2.05, 4.69) is 0 Å². The van der Waals surface area contributed by atoms with Gasteiger partial charge in [-0.2, -0.15) is 0 Å². The number of sulfone groups is 1. The van der Waals surface area contributed by atoms with Gasteiger partial charge < -0.3 is 4.74 Å². The fourth-order valence-electron chi connectivity index (χ4n) is 1.17. The van der Waals surface area contributed by atoms with E-state index in [1.54, 1.807) is 24.3 Å². The molecule has 0 aromatic heterocycles. The summed E-state index contributed by atoms with van der Waals surface area (Å²) in [6, 6.07) is 6.83. The van der Waals surface area contributed by atoms with Crippen LogP contribution in [0.2, 0.25) is 0 Å². The number of aryl methyl sites for hydroxylation is 1. The van der Waals surface area contributed by atoms with Gasteiger partial charge in [0.15, 0.2) is 9.84 Å². The molecule has 0 radical (unpaired) electrons. The SMILES string of the molecule is CCO/C=C/CS(=O)(=O)c1ccc(C)cc1. The third kappa shape index (κ3) is 3.70. The van der Waals surface area contributed by atoms with Crippen molar-refractivity contribution in [3.63, 3.8) is 0 Å². The first-order valence-electron chi connectivity index (χ1n) is 5.12. The Hall–Kier alpha value is -1.29. The monoisotopic (exact) mass is 240 g/mol. The lowest BCUT2D eigenvalue weighted by Gasteiger charge is -2.01. The van der Waals surface area contributed by atoms with Gasteiger partial charge in [0.2, 0.25) is 0 Å². The van der Waals surface area contributed by atoms with Gasteiger partial charge in [-0.25, -0.2) is 8.42 Å². The highest BCUT2D eigenvalue weighted by molar-refractivity contribution is 7.91. The summed E-state index contributed by atoms with van der Waals surface area (Å²) in [6.45, 7) is 4.31. The summed E-state index contributed by atoms with van der Waals surface area (Å²) < 4.78 is 28.5. The van der Waals surface area contributed by atoms with Gasteiger partial charge in [-0.3, -0.25) is 0 Å². The van der Waals surface area contributed by atoms with Crippen LogP contribution in [0, 0.1) is 6.92 Å². The van der Waals surface area contributed by atoms with Gasteiger partial charge in [-0.15, -0.1) is 0 Å². The molecule has 0 unspecified atom stereocenters. The average Bonchev–Trinajstić information content (AvgIpc) is 2.25. The molecule has 1 aromatic rings. The van der Waals surface area contributed by atoms with Crippen molar-refractivity contribution in [2.45, 2.75) is 18.7 Å². The third-order valence-electron chi connectivity index (χ3n) is 2.05. The fraction of sp³-hybridized carbons (Fsp3) is 0.333. The summed E-state index contributed by atoms with van der Waals surface area (Å²) in [7, 11) is -3.22. The van der Waals surface area contributed by atoms with Crippen molar-refractivity contribution in [3.8, 4) is 0 Å². The second kappa shape index (κ2) is 5.70. The molecule has 1 aromatic carbocycles. The summed E-state index contributed by atoms with van der Waals surface area (Å²) in [5.41, 5.74) is 1.05. The second-order valence-corrected chi connectivity index (χ2v) is 5.46. The molecule has 0 fully saturated rings. The Labute approximate surface area is 96.7 Å². The first-order valence-corrected chi connectivity index (χ1v) is 6.77. The van der Waals surface area contributed by atoms with Crippen molar-refractivity contribution < 1.29 is 13.2 Å². The maximum atomic E-state index is 11.8. The van der Waals surface area contributed by atoms with Gasteiger partial charge in [0.25, 0.3) is 0 Å². The molecule has 0 N–H and O–H groups in total. The van der Waals surface area contributed by atoms with Crippen LogP contribution in [-0.4, -0.2) is 20.8 Å². The summed E-state index contributed by atoms with van der Waals surface area (Å²) >= 11 is 0. The van der Waals surface area contributed by atoms with Gasteiger partial charge in [0.05, 0.1) is 23.5 Å². The van der Waals surface area contributed by atoms with Crippen molar-refractivity contribution in [1.29, 1.82) is 0 Å². The van der Waals surface area contributed by atoms with Gasteiger partial charge in [0.1, 0.15) is 0 Å². The van der Waals surface area contributed by atoms with E-state index < -0.39 is 9.84 Å². The van der Waals surface area contributed by atoms with Crippen molar-refractivity contribution in [3.05, 3.63) is 42.2 Å². The molecule has 16 heavy (non-hydrogen) atoms. The Morgan fingerprint density at radius 1 is 1.25 bits per heavy atom. The summed E-state index contributed by atoms with van der Waals surface area (Å²) in [5.74, 6) is -0.0317. The lowest BCUT2D eigenvalue weighted by molar-refractivity contribution is 0.269. The smallest absolute Gasteiger partial charge is 0.182 e. The highest BCUT2D eigenvalue weighted by Gasteiger charge is 2.11. The van der Waals surface area contributed by atoms with Crippen LogP contribution in [0.15, 0.2) is 41.5 Å². The lowest BCUT2D eigenvalue weighted by atomic mass is 10.2. The average molecular weight is 240 g/mol. The molecular weight excluding hydrogens is 224 g/mol. The quantitative estimate of drug-likeness (QED) is 0.742. The van der Waals surface area contributed by atoms with Crippen LogP contribution in [0.5, 0.6) is 0 Å². The largest absolute Gasteiger partial charge is 0.502 e. The Kier molecular flexibility index (Phi) is 4.55. The number of rotatable bonds is 5. The minimum absolute atomic E-state index is 0.0317. The zero-order valence-corrected chi connectivity index (χ0v) is 10.3. The molecule has 1 rings (SSSR count). The third-order valence-corrected chi connectivity index (χ3v) is 3.68. The molecule has 0 saturated heterocycles. The standard InChI is InChI=1S/C12H16O3S/c1-3-15-9-4-10-16(13,14)12-7-5-11(2)6-8-12/h4-9H,3,10H2,1-2H3/b9-4+. The van der Waals surface area contributed by atoms with Crippen LogP contribution in [0.4, 0.5) is 0 Å². The molecule has 0 aliphatic carbocycles. The van der Waals surface area contributed by atoms with Crippen LogP contribution < -0.4 is 0 Å². The second-order valence-electron chi connectivity index (χ2n) is 3.42. The molecule has 88 valence electrons. The van der Waals surface area contributed by atoms with Gasteiger partial charge in [-0.05, 0) is 32.1 Å². The minimum Gasteiger partial charge on any atom is -0.502 e. The predicted molar refractivity (Wildman–Crippen MR) is 64.0 cm³/mol. The molecule has 4 heteroatoms. The van der Waals surface area contributed by atoms with Crippen molar-refractivity contribution in [2.24, 2.45) is 0 Å². The lowest BCUT2D eigenvalue weighted by Crippen LogP contribution is -2.04. The highest BCUT2D eigenvalue weighted by atomic mass is 32.2. The van der Waals surface area contributed by atoms with Crippen molar-refractivity contribution >= 4 is 9.84 Å². The Morgan fingerprint density at radius 3 is 2.44 bits per heavy atom. The maximum absolute atomic E-state index is 11.8. The molecule has 0 bridgehead atoms. The van der Waals surface area contributed by atoms with Crippen LogP contribution in [-0.2, 0) is 14.6 Å². The first kappa shape index (κ1) is 12.8. The summed E-state index contributed by atoms with van der Waals surface area (Å²) in [5, 5.41) is 0. The summed E-state index contributed by atoms with van der Waals surface area (Å²) in [6.07, 6.45) is 2.93. The molecule has 3 nitrogen and oxygen atoms in total. The van der Waals surface area contributed by atoms with E-state index >= 15 is 0 Å². The number of hydrogen-bond acceptors (Lipinski definition) is 3. The van der Waals surface area contributed by atoms with E-state index in [0.717, 1.165) is 5.56 Å². The van der Waals surface area contributed by atoms with Crippen LogP contribution in [0.1, 0.15) is 12.5 Å². The number of hydrogen-bond donors (Lipinski definition) is 0. The zero-order chi connectivity index (χ0) is 12.0. The molecule has 0 aliphatic rings. The Morgan fingerprint density at radius 2 is 1.88 bits per heavy atom. The molecular formula is C12H16O3S. The van der Waals surface area contributed by atoms with E-state index in [9.17, 15) is 8.42 Å². The van der Waals surface area contributed by atoms with Crippen molar-refractivity contribution in [2.75, 3.05) is 12.4 Å². The molecule has 0 aliphatic heterocycles. The van der Waals surface area contributed by atoms with Crippen LogP contribution >= 0.6 is 0 Å².